The molecule has 0 saturated carbocycles. The number of aryl methyl sites for hydroxylation is 1. The summed E-state index contributed by atoms with van der Waals surface area (Å²) in [7, 11) is -3.55. The van der Waals surface area contributed by atoms with E-state index in [4.69, 9.17) is 0 Å². The van der Waals surface area contributed by atoms with Crippen LogP contribution in [0, 0.1) is 13.8 Å². The molecule has 6 nitrogen and oxygen atoms in total. The van der Waals surface area contributed by atoms with Crippen LogP contribution in [-0.2, 0) is 14.8 Å². The van der Waals surface area contributed by atoms with E-state index in [0.717, 1.165) is 16.8 Å². The van der Waals surface area contributed by atoms with Crippen molar-refractivity contribution in [2.24, 2.45) is 0 Å². The standard InChI is InChI=1S/C20H27N3O3S/c1-13(2)23-27(25,26)18-11-9-17(10-12-18)22-20(24)16(5)21-19-8-6-7-14(3)15(19)4/h6-13,16,21,23H,1-5H3,(H,22,24)/t16-/m1/s1. The minimum Gasteiger partial charge on any atom is -0.374 e. The number of carbonyl (C=O) groups is 1. The first-order valence-electron chi connectivity index (χ1n) is 8.86. The molecule has 2 aromatic carbocycles. The third-order valence-electron chi connectivity index (χ3n) is 4.19. The van der Waals surface area contributed by atoms with Crippen molar-refractivity contribution in [2.45, 2.75) is 51.6 Å². The molecule has 0 heterocycles. The number of carbonyl (C=O) groups excluding carboxylic acids is 1. The molecule has 0 spiro atoms. The Morgan fingerprint density at radius 2 is 1.59 bits per heavy atom. The van der Waals surface area contributed by atoms with Gasteiger partial charge in [0.2, 0.25) is 15.9 Å². The molecule has 7 heteroatoms. The molecule has 0 aliphatic heterocycles. The van der Waals surface area contributed by atoms with Gasteiger partial charge in [0.25, 0.3) is 0 Å². The van der Waals surface area contributed by atoms with Crippen LogP contribution in [0.2, 0.25) is 0 Å². The van der Waals surface area contributed by atoms with E-state index in [0.29, 0.717) is 5.69 Å². The van der Waals surface area contributed by atoms with Crippen LogP contribution in [0.5, 0.6) is 0 Å². The third-order valence-corrected chi connectivity index (χ3v) is 5.87. The number of hydrogen-bond donors (Lipinski definition) is 3. The molecule has 1 atom stereocenters. The lowest BCUT2D eigenvalue weighted by atomic mass is 10.1. The molecule has 0 radical (unpaired) electrons. The van der Waals surface area contributed by atoms with Gasteiger partial charge >= 0.3 is 0 Å². The lowest BCUT2D eigenvalue weighted by Crippen LogP contribution is -2.32. The lowest BCUT2D eigenvalue weighted by Gasteiger charge is -2.18. The summed E-state index contributed by atoms with van der Waals surface area (Å²) in [5, 5.41) is 6.01. The fourth-order valence-corrected chi connectivity index (χ4v) is 3.80. The second-order valence-corrected chi connectivity index (χ2v) is 8.62. The minimum absolute atomic E-state index is 0.163. The molecule has 3 N–H and O–H groups in total. The lowest BCUT2D eigenvalue weighted by molar-refractivity contribution is -0.116. The smallest absolute Gasteiger partial charge is 0.246 e. The molecule has 0 fully saturated rings. The van der Waals surface area contributed by atoms with Gasteiger partial charge in [-0.05, 0) is 76.1 Å². The first-order chi connectivity index (χ1) is 12.6. The van der Waals surface area contributed by atoms with Crippen molar-refractivity contribution in [2.75, 3.05) is 10.6 Å². The summed E-state index contributed by atoms with van der Waals surface area (Å²) in [5.41, 5.74) is 3.71. The highest BCUT2D eigenvalue weighted by molar-refractivity contribution is 7.89. The Morgan fingerprint density at radius 3 is 2.19 bits per heavy atom. The zero-order chi connectivity index (χ0) is 20.2. The molecule has 0 saturated heterocycles. The molecule has 0 aliphatic rings. The van der Waals surface area contributed by atoms with Crippen molar-refractivity contribution in [1.82, 2.24) is 4.72 Å². The Balaban J connectivity index is 2.04. The normalized spacial score (nSPS) is 12.7. The molecule has 0 aliphatic carbocycles. The van der Waals surface area contributed by atoms with Crippen LogP contribution in [-0.4, -0.2) is 26.4 Å². The largest absolute Gasteiger partial charge is 0.374 e. The zero-order valence-electron chi connectivity index (χ0n) is 16.3. The number of hydrogen-bond acceptors (Lipinski definition) is 4. The van der Waals surface area contributed by atoms with Crippen molar-refractivity contribution in [3.63, 3.8) is 0 Å². The van der Waals surface area contributed by atoms with Gasteiger partial charge in [-0.2, -0.15) is 0 Å². The fourth-order valence-electron chi connectivity index (χ4n) is 2.55. The van der Waals surface area contributed by atoms with E-state index >= 15 is 0 Å². The van der Waals surface area contributed by atoms with Gasteiger partial charge in [-0.15, -0.1) is 0 Å². The monoisotopic (exact) mass is 389 g/mol. The second kappa shape index (κ2) is 8.54. The Hall–Kier alpha value is -2.38. The molecular formula is C20H27N3O3S. The summed E-state index contributed by atoms with van der Waals surface area (Å²) in [6.45, 7) is 9.33. The molecule has 2 rings (SSSR count). The molecule has 0 unspecified atom stereocenters. The highest BCUT2D eigenvalue weighted by Crippen LogP contribution is 2.19. The molecule has 146 valence electrons. The van der Waals surface area contributed by atoms with E-state index in [1.54, 1.807) is 32.9 Å². The zero-order valence-corrected chi connectivity index (χ0v) is 17.1. The average molecular weight is 390 g/mol. The predicted molar refractivity (Wildman–Crippen MR) is 110 cm³/mol. The molecule has 0 aromatic heterocycles. The summed E-state index contributed by atoms with van der Waals surface area (Å²) in [5.74, 6) is -0.202. The molecular weight excluding hydrogens is 362 g/mol. The topological polar surface area (TPSA) is 87.3 Å². The number of nitrogens with one attached hydrogen (secondary N) is 3. The van der Waals surface area contributed by atoms with Gasteiger partial charge in [0, 0.05) is 17.4 Å². The molecule has 1 amide bonds. The molecule has 27 heavy (non-hydrogen) atoms. The maximum atomic E-state index is 12.4. The van der Waals surface area contributed by atoms with E-state index in [2.05, 4.69) is 15.4 Å². The minimum atomic E-state index is -3.55. The summed E-state index contributed by atoms with van der Waals surface area (Å²) in [4.78, 5) is 12.6. The van der Waals surface area contributed by atoms with E-state index in [-0.39, 0.29) is 16.8 Å². The SMILES string of the molecule is Cc1cccc(N[C@H](C)C(=O)Nc2ccc(S(=O)(=O)NC(C)C)cc2)c1C. The Kier molecular flexibility index (Phi) is 6.62. The Morgan fingerprint density at radius 1 is 0.963 bits per heavy atom. The van der Waals surface area contributed by atoms with Gasteiger partial charge in [-0.1, -0.05) is 12.1 Å². The van der Waals surface area contributed by atoms with Crippen LogP contribution in [0.25, 0.3) is 0 Å². The first-order valence-corrected chi connectivity index (χ1v) is 10.3. The summed E-state index contributed by atoms with van der Waals surface area (Å²) < 4.78 is 26.8. The van der Waals surface area contributed by atoms with Crippen LogP contribution in [0.15, 0.2) is 47.4 Å². The Labute approximate surface area is 161 Å². The van der Waals surface area contributed by atoms with Crippen LogP contribution >= 0.6 is 0 Å². The van der Waals surface area contributed by atoms with Gasteiger partial charge in [-0.25, -0.2) is 13.1 Å². The van der Waals surface area contributed by atoms with Crippen LogP contribution in [0.1, 0.15) is 31.9 Å². The Bertz CT molecular complexity index is 907. The number of sulfonamides is 1. The number of benzene rings is 2. The van der Waals surface area contributed by atoms with Crippen LogP contribution < -0.4 is 15.4 Å². The van der Waals surface area contributed by atoms with Gasteiger partial charge in [-0.3, -0.25) is 4.79 Å². The summed E-state index contributed by atoms with van der Waals surface area (Å²) >= 11 is 0. The van der Waals surface area contributed by atoms with Gasteiger partial charge in [0.1, 0.15) is 6.04 Å². The van der Waals surface area contributed by atoms with Gasteiger partial charge in [0.15, 0.2) is 0 Å². The quantitative estimate of drug-likeness (QED) is 0.677. The second-order valence-electron chi connectivity index (χ2n) is 6.90. The van der Waals surface area contributed by atoms with Crippen molar-refractivity contribution in [1.29, 1.82) is 0 Å². The maximum Gasteiger partial charge on any atom is 0.246 e. The molecule has 2 aromatic rings. The highest BCUT2D eigenvalue weighted by Gasteiger charge is 2.17. The van der Waals surface area contributed by atoms with Crippen LogP contribution in [0.3, 0.4) is 0 Å². The first kappa shape index (κ1) is 20.9. The van der Waals surface area contributed by atoms with Crippen molar-refractivity contribution >= 4 is 27.3 Å². The van der Waals surface area contributed by atoms with E-state index in [1.807, 2.05) is 32.0 Å². The van der Waals surface area contributed by atoms with Crippen molar-refractivity contribution in [3.05, 3.63) is 53.6 Å². The average Bonchev–Trinajstić information content (AvgIpc) is 2.58. The number of anilines is 2. The third kappa shape index (κ3) is 5.55. The van der Waals surface area contributed by atoms with Gasteiger partial charge < -0.3 is 10.6 Å². The number of rotatable bonds is 7. The van der Waals surface area contributed by atoms with E-state index in [1.165, 1.54) is 12.1 Å². The summed E-state index contributed by atoms with van der Waals surface area (Å²) in [6, 6.07) is 11.4. The van der Waals surface area contributed by atoms with E-state index in [9.17, 15) is 13.2 Å². The predicted octanol–water partition coefficient (Wildman–Crippen LogP) is 3.43. The van der Waals surface area contributed by atoms with Crippen molar-refractivity contribution in [3.8, 4) is 0 Å². The van der Waals surface area contributed by atoms with E-state index < -0.39 is 16.1 Å². The molecule has 0 bridgehead atoms. The van der Waals surface area contributed by atoms with Crippen molar-refractivity contribution < 1.29 is 13.2 Å². The maximum absolute atomic E-state index is 12.4. The van der Waals surface area contributed by atoms with Gasteiger partial charge in [0.05, 0.1) is 4.90 Å². The summed E-state index contributed by atoms with van der Waals surface area (Å²) in [6.07, 6.45) is 0. The highest BCUT2D eigenvalue weighted by atomic mass is 32.2. The van der Waals surface area contributed by atoms with Crippen LogP contribution in [0.4, 0.5) is 11.4 Å². The fraction of sp³-hybridized carbons (Fsp3) is 0.350. The number of amides is 1.